The number of aliphatic carboxylic acids is 1. The molecule has 0 aromatic heterocycles. The van der Waals surface area contributed by atoms with Crippen molar-refractivity contribution in [1.82, 2.24) is 0 Å². The third-order valence-corrected chi connectivity index (χ3v) is 2.85. The molecule has 3 N–H and O–H groups in total. The highest BCUT2D eigenvalue weighted by Crippen LogP contribution is 2.13. The molecule has 0 aliphatic carbocycles. The lowest BCUT2D eigenvalue weighted by Gasteiger charge is -2.08. The third kappa shape index (κ3) is 4.65. The summed E-state index contributed by atoms with van der Waals surface area (Å²) in [6.45, 7) is 1.97. The van der Waals surface area contributed by atoms with Gasteiger partial charge < -0.3 is 15.7 Å². The average Bonchev–Trinajstić information content (AvgIpc) is 2.41. The van der Waals surface area contributed by atoms with Gasteiger partial charge in [-0.15, -0.1) is 0 Å². The molecule has 0 aliphatic rings. The molecule has 0 spiro atoms. The molecule has 0 unspecified atom stereocenters. The van der Waals surface area contributed by atoms with E-state index in [1.54, 1.807) is 24.3 Å². The molecule has 0 aliphatic heterocycles. The molecule has 21 heavy (non-hydrogen) atoms. The first-order valence-corrected chi connectivity index (χ1v) is 6.48. The van der Waals surface area contributed by atoms with Gasteiger partial charge in [-0.05, 0) is 36.8 Å². The number of carbonyl (C=O) groups excluding carboxylic acids is 1. The third-order valence-electron chi connectivity index (χ3n) is 2.85. The summed E-state index contributed by atoms with van der Waals surface area (Å²) in [5.74, 6) is -0.906. The van der Waals surface area contributed by atoms with E-state index in [2.05, 4.69) is 10.6 Å². The van der Waals surface area contributed by atoms with Crippen molar-refractivity contribution in [2.24, 2.45) is 0 Å². The predicted molar refractivity (Wildman–Crippen MR) is 81.6 cm³/mol. The number of carboxylic acids is 1. The predicted octanol–water partition coefficient (Wildman–Crippen LogP) is 3.27. The molecule has 0 saturated carbocycles. The first-order valence-electron chi connectivity index (χ1n) is 6.48. The average molecular weight is 284 g/mol. The monoisotopic (exact) mass is 284 g/mol. The highest BCUT2D eigenvalue weighted by molar-refractivity contribution is 5.99. The van der Waals surface area contributed by atoms with Gasteiger partial charge in [-0.1, -0.05) is 29.8 Å². The number of hydrogen-bond donors (Lipinski definition) is 3. The summed E-state index contributed by atoms with van der Waals surface area (Å²) >= 11 is 0. The molecule has 2 aromatic rings. The van der Waals surface area contributed by atoms with Crippen LogP contribution in [0, 0.1) is 6.92 Å². The fourth-order valence-electron chi connectivity index (χ4n) is 1.86. The zero-order valence-electron chi connectivity index (χ0n) is 11.6. The van der Waals surface area contributed by atoms with Gasteiger partial charge in [0.1, 0.15) is 0 Å². The Balaban J connectivity index is 1.99. The van der Waals surface area contributed by atoms with Crippen LogP contribution >= 0.6 is 0 Å². The van der Waals surface area contributed by atoms with Crippen molar-refractivity contribution in [3.8, 4) is 0 Å². The Bertz CT molecular complexity index is 651. The molecule has 5 nitrogen and oxygen atoms in total. The number of benzene rings is 2. The van der Waals surface area contributed by atoms with Crippen LogP contribution in [0.1, 0.15) is 11.1 Å². The first kappa shape index (κ1) is 14.6. The number of carboxylic acid groups (broad SMARTS) is 1. The molecule has 2 aromatic carbocycles. The van der Waals surface area contributed by atoms with Gasteiger partial charge in [-0.25, -0.2) is 4.79 Å². The molecule has 5 heteroatoms. The van der Waals surface area contributed by atoms with E-state index in [0.29, 0.717) is 16.9 Å². The normalized spacial score (nSPS) is 9.95. The van der Waals surface area contributed by atoms with Crippen molar-refractivity contribution in [1.29, 1.82) is 0 Å². The van der Waals surface area contributed by atoms with E-state index in [0.717, 1.165) is 5.56 Å². The zero-order chi connectivity index (χ0) is 15.2. The second kappa shape index (κ2) is 6.56. The van der Waals surface area contributed by atoms with Crippen LogP contribution in [0.2, 0.25) is 0 Å². The summed E-state index contributed by atoms with van der Waals surface area (Å²) in [6, 6.07) is 13.8. The van der Waals surface area contributed by atoms with Gasteiger partial charge in [-0.3, -0.25) is 4.79 Å². The molecule has 0 atom stereocenters. The van der Waals surface area contributed by atoms with Crippen molar-refractivity contribution in [3.63, 3.8) is 0 Å². The Kier molecular flexibility index (Phi) is 4.56. The van der Waals surface area contributed by atoms with Crippen LogP contribution in [0.15, 0.2) is 48.5 Å². The number of carbonyl (C=O) groups is 2. The van der Waals surface area contributed by atoms with E-state index in [1.165, 1.54) is 0 Å². The number of aryl methyl sites for hydroxylation is 1. The largest absolute Gasteiger partial charge is 0.481 e. The molecule has 0 saturated heterocycles. The van der Waals surface area contributed by atoms with E-state index in [9.17, 15) is 9.59 Å². The SMILES string of the molecule is Cc1ccc(NC(=O)Nc2cccc(CC(=O)O)c2)cc1. The Morgan fingerprint density at radius 3 is 2.33 bits per heavy atom. The van der Waals surface area contributed by atoms with E-state index in [1.807, 2.05) is 31.2 Å². The molecule has 2 amide bonds. The maximum Gasteiger partial charge on any atom is 0.323 e. The van der Waals surface area contributed by atoms with E-state index in [-0.39, 0.29) is 12.5 Å². The zero-order valence-corrected chi connectivity index (χ0v) is 11.6. The van der Waals surface area contributed by atoms with Crippen LogP contribution in [-0.2, 0) is 11.2 Å². The molecule has 0 bridgehead atoms. The fraction of sp³-hybridized carbons (Fsp3) is 0.125. The van der Waals surface area contributed by atoms with Gasteiger partial charge in [0.05, 0.1) is 6.42 Å². The van der Waals surface area contributed by atoms with Gasteiger partial charge in [0, 0.05) is 11.4 Å². The standard InChI is InChI=1S/C16H16N2O3/c1-11-5-7-13(8-6-11)17-16(21)18-14-4-2-3-12(9-14)10-15(19)20/h2-9H,10H2,1H3,(H,19,20)(H2,17,18,21). The molecular weight excluding hydrogens is 268 g/mol. The minimum absolute atomic E-state index is 0.0743. The van der Waals surface area contributed by atoms with Crippen LogP contribution in [0.25, 0.3) is 0 Å². The van der Waals surface area contributed by atoms with Gasteiger partial charge in [0.25, 0.3) is 0 Å². The first-order chi connectivity index (χ1) is 10.0. The Morgan fingerprint density at radius 1 is 1.00 bits per heavy atom. The van der Waals surface area contributed by atoms with Crippen molar-refractivity contribution in [2.75, 3.05) is 10.6 Å². The fourth-order valence-corrected chi connectivity index (χ4v) is 1.86. The lowest BCUT2D eigenvalue weighted by molar-refractivity contribution is -0.136. The second-order valence-electron chi connectivity index (χ2n) is 4.72. The van der Waals surface area contributed by atoms with Crippen molar-refractivity contribution < 1.29 is 14.7 Å². The Labute approximate surface area is 122 Å². The number of amides is 2. The lowest BCUT2D eigenvalue weighted by atomic mass is 10.1. The summed E-state index contributed by atoms with van der Waals surface area (Å²) in [4.78, 5) is 22.5. The van der Waals surface area contributed by atoms with E-state index >= 15 is 0 Å². The van der Waals surface area contributed by atoms with Crippen molar-refractivity contribution in [2.45, 2.75) is 13.3 Å². The molecule has 0 radical (unpaired) electrons. The van der Waals surface area contributed by atoms with E-state index in [4.69, 9.17) is 5.11 Å². The number of hydrogen-bond acceptors (Lipinski definition) is 2. The van der Waals surface area contributed by atoms with Crippen LogP contribution in [0.3, 0.4) is 0 Å². The minimum Gasteiger partial charge on any atom is -0.481 e. The van der Waals surface area contributed by atoms with Gasteiger partial charge in [0.2, 0.25) is 0 Å². The second-order valence-corrected chi connectivity index (χ2v) is 4.72. The Morgan fingerprint density at radius 2 is 1.67 bits per heavy atom. The Hall–Kier alpha value is -2.82. The number of nitrogens with one attached hydrogen (secondary N) is 2. The van der Waals surface area contributed by atoms with Gasteiger partial charge in [0.15, 0.2) is 0 Å². The smallest absolute Gasteiger partial charge is 0.323 e. The van der Waals surface area contributed by atoms with E-state index < -0.39 is 5.97 Å². The minimum atomic E-state index is -0.906. The molecule has 108 valence electrons. The summed E-state index contributed by atoms with van der Waals surface area (Å²) in [5.41, 5.74) is 3.00. The summed E-state index contributed by atoms with van der Waals surface area (Å²) < 4.78 is 0. The van der Waals surface area contributed by atoms with Gasteiger partial charge >= 0.3 is 12.0 Å². The molecule has 0 heterocycles. The number of urea groups is 1. The van der Waals surface area contributed by atoms with Crippen molar-refractivity contribution >= 4 is 23.4 Å². The summed E-state index contributed by atoms with van der Waals surface area (Å²) in [7, 11) is 0. The molecule has 2 rings (SSSR count). The summed E-state index contributed by atoms with van der Waals surface area (Å²) in [6.07, 6.45) is -0.0743. The van der Waals surface area contributed by atoms with Crippen LogP contribution < -0.4 is 10.6 Å². The summed E-state index contributed by atoms with van der Waals surface area (Å²) in [5, 5.41) is 14.1. The topological polar surface area (TPSA) is 78.4 Å². The number of anilines is 2. The quantitative estimate of drug-likeness (QED) is 0.806. The molecule has 0 fully saturated rings. The van der Waals surface area contributed by atoms with Crippen LogP contribution in [0.5, 0.6) is 0 Å². The maximum atomic E-state index is 11.9. The molecular formula is C16H16N2O3. The van der Waals surface area contributed by atoms with Gasteiger partial charge in [-0.2, -0.15) is 0 Å². The van der Waals surface area contributed by atoms with Crippen LogP contribution in [0.4, 0.5) is 16.2 Å². The highest BCUT2D eigenvalue weighted by Gasteiger charge is 2.05. The maximum absolute atomic E-state index is 11.9. The lowest BCUT2D eigenvalue weighted by Crippen LogP contribution is -2.19. The van der Waals surface area contributed by atoms with Crippen molar-refractivity contribution in [3.05, 3.63) is 59.7 Å². The highest BCUT2D eigenvalue weighted by atomic mass is 16.4. The van der Waals surface area contributed by atoms with Crippen LogP contribution in [-0.4, -0.2) is 17.1 Å². The number of rotatable bonds is 4.